The Morgan fingerprint density at radius 1 is 0.850 bits per heavy atom. The molecule has 2 aliphatic rings. The first-order chi connectivity index (χ1) is 29.0. The van der Waals surface area contributed by atoms with E-state index in [1.54, 1.807) is 102 Å². The molecule has 0 bridgehead atoms. The molecule has 6 aromatic rings. The minimum absolute atomic E-state index is 0.142. The van der Waals surface area contributed by atoms with Crippen molar-refractivity contribution in [2.75, 3.05) is 22.1 Å². The molecule has 1 saturated heterocycles. The van der Waals surface area contributed by atoms with Crippen LogP contribution in [0, 0.1) is 5.92 Å². The van der Waals surface area contributed by atoms with E-state index < -0.39 is 31.6 Å². The summed E-state index contributed by atoms with van der Waals surface area (Å²) in [6.45, 7) is 5.57. The standard InChI is InChI=1S/C47H47FN6O5Si/c1-31-43(60(2,3)48)42(24-25-53-29-40(51-52-53)38(30-55)33-15-7-4-8-16-33)59-47(31)39-27-37(50-45(57)35-19-11-6-12-20-35)22-23-41(39)54(46(47)58)28-32-14-13-21-36(26-32)49-44(56)34-17-9-5-10-18-34/h4-23,26-27,29,31,38,42-43,55H,24-25,28,30H2,1-3H3,(H,49,56)(H,50,57)/t31-,38?,42+,43-,47+/m1/s1. The Kier molecular flexibility index (Phi) is 11.3. The van der Waals surface area contributed by atoms with E-state index in [-0.39, 0.29) is 36.8 Å². The number of benzene rings is 5. The highest BCUT2D eigenvalue weighted by molar-refractivity contribution is 6.72. The SMILES string of the molecule is C[C@@H]1[C@@H]([Si](C)(C)F)[C@H](CCn2cc(C(CO)c3ccccc3)nn2)O[C@@]12C(=O)N(Cc1cccc(NC(=O)c3ccccc3)c1)c1ccc(NC(=O)c3ccccc3)cc12. The molecule has 306 valence electrons. The van der Waals surface area contributed by atoms with Gasteiger partial charge in [0.15, 0.2) is 5.60 Å². The number of aliphatic hydroxyl groups is 1. The van der Waals surface area contributed by atoms with Crippen LogP contribution in [0.5, 0.6) is 0 Å². The van der Waals surface area contributed by atoms with Gasteiger partial charge in [-0.25, -0.2) is 0 Å². The third kappa shape index (κ3) is 7.91. The Morgan fingerprint density at radius 2 is 1.47 bits per heavy atom. The molecule has 0 aliphatic carbocycles. The second-order valence-corrected chi connectivity index (χ2v) is 19.9. The molecule has 1 spiro atoms. The molecule has 3 heterocycles. The summed E-state index contributed by atoms with van der Waals surface area (Å²) in [7, 11) is -3.51. The van der Waals surface area contributed by atoms with Crippen molar-refractivity contribution in [1.82, 2.24) is 15.0 Å². The zero-order valence-corrected chi connectivity index (χ0v) is 34.7. The second kappa shape index (κ2) is 16.8. The summed E-state index contributed by atoms with van der Waals surface area (Å²) in [4.78, 5) is 43.2. The molecule has 0 radical (unpaired) electrons. The molecule has 5 aromatic carbocycles. The lowest BCUT2D eigenvalue weighted by Gasteiger charge is -2.31. The molecular weight excluding hydrogens is 776 g/mol. The van der Waals surface area contributed by atoms with Gasteiger partial charge in [0.25, 0.3) is 17.7 Å². The maximum atomic E-state index is 16.7. The van der Waals surface area contributed by atoms with Crippen LogP contribution in [0.1, 0.15) is 62.4 Å². The van der Waals surface area contributed by atoms with Gasteiger partial charge in [-0.15, -0.1) is 5.10 Å². The Morgan fingerprint density at radius 3 is 2.08 bits per heavy atom. The van der Waals surface area contributed by atoms with Crippen LogP contribution < -0.4 is 15.5 Å². The van der Waals surface area contributed by atoms with Crippen LogP contribution in [0.4, 0.5) is 21.2 Å². The Balaban J connectivity index is 1.11. The number of nitrogens with zero attached hydrogens (tertiary/aromatic N) is 4. The molecule has 3 N–H and O–H groups in total. The number of aryl methyl sites for hydroxylation is 1. The van der Waals surface area contributed by atoms with E-state index in [0.717, 1.165) is 11.1 Å². The van der Waals surface area contributed by atoms with Crippen LogP contribution in [0.3, 0.4) is 0 Å². The minimum Gasteiger partial charge on any atom is -0.395 e. The predicted octanol–water partition coefficient (Wildman–Crippen LogP) is 8.32. The minimum atomic E-state index is -3.51. The lowest BCUT2D eigenvalue weighted by molar-refractivity contribution is -0.146. The van der Waals surface area contributed by atoms with Crippen molar-refractivity contribution >= 4 is 43.2 Å². The molecule has 1 aromatic heterocycles. The molecule has 8 rings (SSSR count). The molecular formula is C47H47FN6O5Si. The molecule has 3 amide bonds. The van der Waals surface area contributed by atoms with Gasteiger partial charge in [0.1, 0.15) is 0 Å². The summed E-state index contributed by atoms with van der Waals surface area (Å²) < 4.78 is 25.5. The van der Waals surface area contributed by atoms with Gasteiger partial charge in [0, 0.05) is 52.3 Å². The van der Waals surface area contributed by atoms with Gasteiger partial charge in [0.05, 0.1) is 36.6 Å². The number of aromatic nitrogens is 3. The average Bonchev–Trinajstić information content (AvgIpc) is 3.91. The van der Waals surface area contributed by atoms with E-state index in [1.807, 2.05) is 67.6 Å². The summed E-state index contributed by atoms with van der Waals surface area (Å²) >= 11 is 0. The van der Waals surface area contributed by atoms with Crippen LogP contribution in [0.25, 0.3) is 0 Å². The fourth-order valence-corrected chi connectivity index (χ4v) is 11.5. The topological polar surface area (TPSA) is 139 Å². The zero-order valence-electron chi connectivity index (χ0n) is 33.7. The highest BCUT2D eigenvalue weighted by Gasteiger charge is 2.66. The van der Waals surface area contributed by atoms with Crippen LogP contribution in [0.2, 0.25) is 18.6 Å². The van der Waals surface area contributed by atoms with Gasteiger partial charge in [0.2, 0.25) is 8.41 Å². The Bertz CT molecular complexity index is 2500. The third-order valence-electron chi connectivity index (χ3n) is 11.8. The number of nitrogens with one attached hydrogen (secondary N) is 2. The molecule has 1 unspecified atom stereocenters. The largest absolute Gasteiger partial charge is 0.395 e. The lowest BCUT2D eigenvalue weighted by atomic mass is 9.82. The number of aliphatic hydroxyl groups excluding tert-OH is 1. The number of amides is 3. The van der Waals surface area contributed by atoms with Crippen molar-refractivity contribution in [1.29, 1.82) is 0 Å². The van der Waals surface area contributed by atoms with E-state index in [4.69, 9.17) is 4.74 Å². The molecule has 1 fully saturated rings. The van der Waals surface area contributed by atoms with E-state index in [2.05, 4.69) is 20.9 Å². The van der Waals surface area contributed by atoms with Gasteiger partial charge >= 0.3 is 0 Å². The first kappa shape index (κ1) is 40.5. The number of carbonyl (C=O) groups excluding carboxylic acids is 3. The molecule has 0 saturated carbocycles. The van der Waals surface area contributed by atoms with Gasteiger partial charge < -0.3 is 29.5 Å². The first-order valence-corrected chi connectivity index (χ1v) is 23.1. The Hall–Kier alpha value is -6.28. The monoisotopic (exact) mass is 822 g/mol. The number of carbonyl (C=O) groups is 3. The van der Waals surface area contributed by atoms with Crippen molar-refractivity contribution in [3.63, 3.8) is 0 Å². The number of halogens is 1. The van der Waals surface area contributed by atoms with Crippen LogP contribution in [0.15, 0.2) is 140 Å². The number of anilines is 3. The lowest BCUT2D eigenvalue weighted by Crippen LogP contribution is -2.45. The maximum absolute atomic E-state index is 16.7. The van der Waals surface area contributed by atoms with Gasteiger partial charge in [-0.1, -0.05) is 91.0 Å². The number of fused-ring (bicyclic) bond motifs is 2. The maximum Gasteiger partial charge on any atom is 0.264 e. The second-order valence-electron chi connectivity index (χ2n) is 16.1. The number of ether oxygens (including phenoxy) is 1. The highest BCUT2D eigenvalue weighted by atomic mass is 28.4. The van der Waals surface area contributed by atoms with E-state index in [1.165, 1.54) is 0 Å². The van der Waals surface area contributed by atoms with Crippen LogP contribution >= 0.6 is 0 Å². The van der Waals surface area contributed by atoms with E-state index >= 15 is 8.90 Å². The number of rotatable bonds is 13. The zero-order chi connectivity index (χ0) is 42.0. The van der Waals surface area contributed by atoms with Crippen molar-refractivity contribution in [2.24, 2.45) is 5.92 Å². The molecule has 5 atom stereocenters. The van der Waals surface area contributed by atoms with Crippen molar-refractivity contribution in [2.45, 2.75) is 62.7 Å². The van der Waals surface area contributed by atoms with Gasteiger partial charge in [-0.3, -0.25) is 19.1 Å². The Labute approximate surface area is 349 Å². The van der Waals surface area contributed by atoms with Crippen LogP contribution in [-0.4, -0.2) is 58.9 Å². The molecule has 60 heavy (non-hydrogen) atoms. The quantitative estimate of drug-likeness (QED) is 0.0787. The van der Waals surface area contributed by atoms with Crippen molar-refractivity contribution in [3.05, 3.63) is 173 Å². The summed E-state index contributed by atoms with van der Waals surface area (Å²) in [5.41, 5.74) is 3.35. The smallest absolute Gasteiger partial charge is 0.264 e. The van der Waals surface area contributed by atoms with Crippen molar-refractivity contribution in [3.8, 4) is 0 Å². The van der Waals surface area contributed by atoms with E-state index in [0.29, 0.717) is 52.4 Å². The highest BCUT2D eigenvalue weighted by Crippen LogP contribution is 2.60. The number of hydrogen-bond acceptors (Lipinski definition) is 7. The fraction of sp³-hybridized carbons (Fsp3) is 0.255. The summed E-state index contributed by atoms with van der Waals surface area (Å²) in [5.74, 6) is -1.82. The number of hydrogen-bond donors (Lipinski definition) is 3. The average molecular weight is 823 g/mol. The van der Waals surface area contributed by atoms with E-state index in [9.17, 15) is 14.7 Å². The summed E-state index contributed by atoms with van der Waals surface area (Å²) in [6.07, 6.45) is 1.49. The normalized spacial score (nSPS) is 20.2. The van der Waals surface area contributed by atoms with Crippen LogP contribution in [-0.2, 0) is 28.2 Å². The molecule has 13 heteroatoms. The molecule has 11 nitrogen and oxygen atoms in total. The fourth-order valence-electron chi connectivity index (χ4n) is 8.96. The van der Waals surface area contributed by atoms with Gasteiger partial charge in [-0.2, -0.15) is 0 Å². The summed E-state index contributed by atoms with van der Waals surface area (Å²) in [6, 6.07) is 40.1. The molecule has 2 aliphatic heterocycles. The predicted molar refractivity (Wildman–Crippen MR) is 231 cm³/mol. The van der Waals surface area contributed by atoms with Gasteiger partial charge in [-0.05, 0) is 85.2 Å². The van der Waals surface area contributed by atoms with Crippen molar-refractivity contribution < 1.29 is 28.3 Å². The first-order valence-electron chi connectivity index (χ1n) is 20.2. The summed E-state index contributed by atoms with van der Waals surface area (Å²) in [5, 5.41) is 24.9. The third-order valence-corrected chi connectivity index (χ3v) is 14.2.